The van der Waals surface area contributed by atoms with Crippen LogP contribution in [0.15, 0.2) is 72.0 Å². The lowest BCUT2D eigenvalue weighted by molar-refractivity contribution is -0.0742. The molecule has 0 amide bonds. The summed E-state index contributed by atoms with van der Waals surface area (Å²) in [6.45, 7) is 3.12. The summed E-state index contributed by atoms with van der Waals surface area (Å²) >= 11 is 1.36. The zero-order chi connectivity index (χ0) is 25.6. The third-order valence-electron chi connectivity index (χ3n) is 6.06. The summed E-state index contributed by atoms with van der Waals surface area (Å²) in [5.74, 6) is 0.348. The smallest absolute Gasteiger partial charge is 0.262 e. The second-order valence-electron chi connectivity index (χ2n) is 8.56. The number of hydrogen-bond acceptors (Lipinski definition) is 8. The van der Waals surface area contributed by atoms with E-state index in [4.69, 9.17) is 18.9 Å². The Bertz CT molecular complexity index is 1290. The van der Waals surface area contributed by atoms with Gasteiger partial charge in [-0.2, -0.15) is 4.98 Å². The predicted octanol–water partition coefficient (Wildman–Crippen LogP) is 4.83. The minimum absolute atomic E-state index is 0.178. The van der Waals surface area contributed by atoms with Crippen LogP contribution in [-0.2, 0) is 27.4 Å². The van der Waals surface area contributed by atoms with E-state index < -0.39 is 24.5 Å². The molecule has 2 aromatic heterocycles. The summed E-state index contributed by atoms with van der Waals surface area (Å²) in [4.78, 5) is 8.82. The lowest BCUT2D eigenvalue weighted by Gasteiger charge is -2.20. The number of fused-ring (bicyclic) bond motifs is 1. The number of imidazole rings is 1. The molecule has 2 aromatic carbocycles. The summed E-state index contributed by atoms with van der Waals surface area (Å²) in [5.41, 5.74) is 2.87. The third kappa shape index (κ3) is 5.77. The maximum Gasteiger partial charge on any atom is 0.262 e. The van der Waals surface area contributed by atoms with Gasteiger partial charge in [0, 0.05) is 0 Å². The van der Waals surface area contributed by atoms with Crippen LogP contribution in [0.2, 0.25) is 0 Å². The molecule has 0 radical (unpaired) electrons. The fraction of sp³-hybridized carbons (Fsp3) is 0.370. The van der Waals surface area contributed by atoms with E-state index in [2.05, 4.69) is 15.1 Å². The van der Waals surface area contributed by atoms with Crippen molar-refractivity contribution in [2.45, 2.75) is 49.8 Å². The lowest BCUT2D eigenvalue weighted by atomic mass is 10.1. The molecule has 0 unspecified atom stereocenters. The highest BCUT2D eigenvalue weighted by atomic mass is 32.2. The van der Waals surface area contributed by atoms with Crippen molar-refractivity contribution in [2.75, 3.05) is 19.5 Å². The molecule has 3 heterocycles. The summed E-state index contributed by atoms with van der Waals surface area (Å²) in [6, 6.07) is 19.5. The molecule has 0 bridgehead atoms. The molecule has 194 valence electrons. The van der Waals surface area contributed by atoms with Crippen LogP contribution in [0.1, 0.15) is 29.8 Å². The van der Waals surface area contributed by atoms with Crippen LogP contribution in [0.25, 0.3) is 5.65 Å². The van der Waals surface area contributed by atoms with Crippen molar-refractivity contribution in [3.05, 3.63) is 83.7 Å². The Hall–Kier alpha value is -3.05. The van der Waals surface area contributed by atoms with Gasteiger partial charge in [-0.3, -0.25) is 0 Å². The highest BCUT2D eigenvalue weighted by Crippen LogP contribution is 2.38. The SMILES string of the molecule is CCOc1nc(SC)nn2c([C@@H]3O[C@H](COCc4ccccc4)[C@@H](OCc4ccccc4)[C@H]3F)cnc12. The first-order valence-electron chi connectivity index (χ1n) is 12.2. The zero-order valence-corrected chi connectivity index (χ0v) is 21.5. The van der Waals surface area contributed by atoms with Crippen molar-refractivity contribution in [1.29, 1.82) is 0 Å². The van der Waals surface area contributed by atoms with Gasteiger partial charge in [-0.15, -0.1) is 5.10 Å². The minimum Gasteiger partial charge on any atom is -0.475 e. The molecule has 37 heavy (non-hydrogen) atoms. The van der Waals surface area contributed by atoms with Gasteiger partial charge in [0.15, 0.2) is 6.17 Å². The molecule has 0 saturated carbocycles. The van der Waals surface area contributed by atoms with E-state index in [0.29, 0.717) is 35.6 Å². The second kappa shape index (κ2) is 12.0. The van der Waals surface area contributed by atoms with Crippen molar-refractivity contribution < 1.29 is 23.3 Å². The van der Waals surface area contributed by atoms with E-state index in [1.807, 2.05) is 73.8 Å². The van der Waals surface area contributed by atoms with Gasteiger partial charge in [0.2, 0.25) is 10.8 Å². The van der Waals surface area contributed by atoms with E-state index in [1.165, 1.54) is 11.8 Å². The summed E-state index contributed by atoms with van der Waals surface area (Å²) in [5, 5.41) is 5.02. The van der Waals surface area contributed by atoms with Crippen LogP contribution in [0.5, 0.6) is 5.88 Å². The molecule has 1 saturated heterocycles. The number of halogens is 1. The number of aromatic nitrogens is 4. The predicted molar refractivity (Wildman–Crippen MR) is 137 cm³/mol. The Morgan fingerprint density at radius 3 is 2.41 bits per heavy atom. The summed E-state index contributed by atoms with van der Waals surface area (Å²) in [6.07, 6.45) is -0.427. The fourth-order valence-electron chi connectivity index (χ4n) is 4.29. The van der Waals surface area contributed by atoms with Gasteiger partial charge in [0.25, 0.3) is 5.88 Å². The number of hydrogen-bond donors (Lipinski definition) is 0. The first kappa shape index (κ1) is 25.6. The van der Waals surface area contributed by atoms with Crippen molar-refractivity contribution in [3.63, 3.8) is 0 Å². The van der Waals surface area contributed by atoms with Crippen LogP contribution >= 0.6 is 11.8 Å². The van der Waals surface area contributed by atoms with E-state index >= 15 is 4.39 Å². The maximum absolute atomic E-state index is 16.1. The first-order chi connectivity index (χ1) is 18.2. The Labute approximate surface area is 219 Å². The number of thioether (sulfide) groups is 1. The molecular formula is C27H29FN4O4S. The van der Waals surface area contributed by atoms with E-state index in [9.17, 15) is 0 Å². The molecule has 0 aliphatic carbocycles. The van der Waals surface area contributed by atoms with Crippen LogP contribution in [0.3, 0.4) is 0 Å². The Balaban J connectivity index is 1.39. The number of nitrogens with zero attached hydrogens (tertiary/aromatic N) is 4. The fourth-order valence-corrected chi connectivity index (χ4v) is 4.62. The quantitative estimate of drug-likeness (QED) is 0.258. The molecule has 1 aliphatic heterocycles. The number of benzene rings is 2. The second-order valence-corrected chi connectivity index (χ2v) is 9.33. The molecule has 0 spiro atoms. The molecule has 8 nitrogen and oxygen atoms in total. The topological polar surface area (TPSA) is 80.0 Å². The minimum atomic E-state index is -1.46. The molecule has 4 atom stereocenters. The number of rotatable bonds is 11. The van der Waals surface area contributed by atoms with E-state index in [0.717, 1.165) is 11.1 Å². The highest BCUT2D eigenvalue weighted by molar-refractivity contribution is 7.98. The molecule has 5 rings (SSSR count). The maximum atomic E-state index is 16.1. The van der Waals surface area contributed by atoms with Crippen molar-refractivity contribution in [1.82, 2.24) is 19.6 Å². The average molecular weight is 525 g/mol. The molecular weight excluding hydrogens is 495 g/mol. The van der Waals surface area contributed by atoms with Gasteiger partial charge >= 0.3 is 0 Å². The highest BCUT2D eigenvalue weighted by Gasteiger charge is 2.48. The number of ether oxygens (including phenoxy) is 4. The van der Waals surface area contributed by atoms with Crippen molar-refractivity contribution in [3.8, 4) is 5.88 Å². The first-order valence-corrected chi connectivity index (χ1v) is 13.4. The van der Waals surface area contributed by atoms with Crippen molar-refractivity contribution in [2.24, 2.45) is 0 Å². The lowest BCUT2D eigenvalue weighted by Crippen LogP contribution is -2.34. The molecule has 1 fully saturated rings. The molecule has 4 aromatic rings. The monoisotopic (exact) mass is 524 g/mol. The van der Waals surface area contributed by atoms with Gasteiger partial charge in [-0.25, -0.2) is 13.9 Å². The van der Waals surface area contributed by atoms with Crippen LogP contribution in [-0.4, -0.2) is 57.4 Å². The third-order valence-corrected chi connectivity index (χ3v) is 6.60. The van der Waals surface area contributed by atoms with Crippen LogP contribution < -0.4 is 4.74 Å². The molecule has 0 N–H and O–H groups in total. The standard InChI is InChI=1S/C27H29FN4O4S/c1-3-34-26-25-29-14-20(32(25)31-27(30-26)37-2)23-22(28)24(35-16-19-12-8-5-9-13-19)21(36-23)17-33-15-18-10-6-4-7-11-18/h4-14,21-24H,3,15-17H2,1-2H3/t21-,22+,23+,24-/m1/s1. The van der Waals surface area contributed by atoms with Gasteiger partial charge in [0.1, 0.15) is 18.3 Å². The largest absolute Gasteiger partial charge is 0.475 e. The van der Waals surface area contributed by atoms with Gasteiger partial charge in [-0.05, 0) is 24.3 Å². The van der Waals surface area contributed by atoms with Crippen LogP contribution in [0, 0.1) is 0 Å². The Morgan fingerprint density at radius 1 is 1.03 bits per heavy atom. The van der Waals surface area contributed by atoms with E-state index in [-0.39, 0.29) is 13.2 Å². The Kier molecular flexibility index (Phi) is 8.30. The van der Waals surface area contributed by atoms with E-state index in [1.54, 1.807) is 10.7 Å². The molecule has 1 aliphatic rings. The number of alkyl halides is 1. The zero-order valence-electron chi connectivity index (χ0n) is 20.7. The molecule has 10 heteroatoms. The Morgan fingerprint density at radius 2 is 1.73 bits per heavy atom. The summed E-state index contributed by atoms with van der Waals surface area (Å²) < 4.78 is 41.5. The van der Waals surface area contributed by atoms with Gasteiger partial charge < -0.3 is 18.9 Å². The summed E-state index contributed by atoms with van der Waals surface area (Å²) in [7, 11) is 0. The van der Waals surface area contributed by atoms with Crippen molar-refractivity contribution >= 4 is 17.4 Å². The van der Waals surface area contributed by atoms with Gasteiger partial charge in [-0.1, -0.05) is 72.4 Å². The van der Waals surface area contributed by atoms with Gasteiger partial charge in [0.05, 0.1) is 38.3 Å². The average Bonchev–Trinajstić information content (AvgIpc) is 3.49. The van der Waals surface area contributed by atoms with Crippen LogP contribution in [0.4, 0.5) is 4.39 Å². The normalized spacial score (nSPS) is 21.5.